The highest BCUT2D eigenvalue weighted by Crippen LogP contribution is 2.41. The normalized spacial score (nSPS) is 15.3. The minimum Gasteiger partial charge on any atom is -0.493 e. The number of anilines is 1. The van der Waals surface area contributed by atoms with E-state index in [1.54, 1.807) is 37.3 Å². The Hall–Kier alpha value is -3.54. The molecule has 0 fully saturated rings. The number of halogens is 1. The zero-order valence-corrected chi connectivity index (χ0v) is 16.9. The van der Waals surface area contributed by atoms with Gasteiger partial charge in [0.2, 0.25) is 0 Å². The Labute approximate surface area is 175 Å². The van der Waals surface area contributed by atoms with Crippen molar-refractivity contribution in [2.45, 2.75) is 12.5 Å². The number of hydrogen-bond donors (Lipinski definition) is 1. The van der Waals surface area contributed by atoms with Crippen LogP contribution in [0.15, 0.2) is 66.7 Å². The van der Waals surface area contributed by atoms with Crippen LogP contribution in [0, 0.1) is 5.82 Å². The first-order valence-electron chi connectivity index (χ1n) is 9.74. The van der Waals surface area contributed by atoms with Gasteiger partial charge in [0.25, 0.3) is 0 Å². The first-order valence-corrected chi connectivity index (χ1v) is 9.74. The first-order chi connectivity index (χ1) is 14.6. The maximum absolute atomic E-state index is 14.8. The second-order valence-electron chi connectivity index (χ2n) is 7.07. The number of methoxy groups -OCH3 is 2. The molecule has 1 heterocycles. The number of benzene rings is 3. The molecule has 1 aliphatic heterocycles. The van der Waals surface area contributed by atoms with Gasteiger partial charge in [-0.15, -0.1) is 0 Å². The number of urea groups is 1. The molecule has 2 amide bonds. The summed E-state index contributed by atoms with van der Waals surface area (Å²) in [6.07, 6.45) is 0.628. The second-order valence-corrected chi connectivity index (χ2v) is 7.07. The number of para-hydroxylation sites is 1. The summed E-state index contributed by atoms with van der Waals surface area (Å²) in [5.74, 6) is 0.802. The van der Waals surface area contributed by atoms with Gasteiger partial charge >= 0.3 is 6.03 Å². The standard InChI is InChI=1S/C24H23FN2O3/c1-29-21-14-16-12-13-27(24(28)26-17-8-4-3-5-9-17)23(19(16)15-22(21)30-2)18-10-6-7-11-20(18)25/h3-11,14-15,23H,12-13H2,1-2H3,(H,26,28). The Morgan fingerprint density at radius 3 is 2.33 bits per heavy atom. The lowest BCUT2D eigenvalue weighted by Crippen LogP contribution is -2.43. The molecular formula is C24H23FN2O3. The summed E-state index contributed by atoms with van der Waals surface area (Å²) < 4.78 is 25.7. The molecule has 1 atom stereocenters. The molecule has 0 aliphatic carbocycles. The van der Waals surface area contributed by atoms with Gasteiger partial charge in [-0.3, -0.25) is 0 Å². The summed E-state index contributed by atoms with van der Waals surface area (Å²) in [7, 11) is 3.14. The molecule has 5 nitrogen and oxygen atoms in total. The Morgan fingerprint density at radius 2 is 1.63 bits per heavy atom. The number of amides is 2. The first kappa shape index (κ1) is 19.8. The van der Waals surface area contributed by atoms with Crippen molar-refractivity contribution in [3.63, 3.8) is 0 Å². The SMILES string of the molecule is COc1cc2c(cc1OC)C(c1ccccc1F)N(C(=O)Nc1ccccc1)CC2. The maximum Gasteiger partial charge on any atom is 0.322 e. The number of ether oxygens (including phenoxy) is 2. The zero-order valence-electron chi connectivity index (χ0n) is 16.9. The maximum atomic E-state index is 14.8. The predicted octanol–water partition coefficient (Wildman–Crippen LogP) is 5.02. The lowest BCUT2D eigenvalue weighted by Gasteiger charge is -2.38. The fraction of sp³-hybridized carbons (Fsp3) is 0.208. The van der Waals surface area contributed by atoms with Gasteiger partial charge in [-0.2, -0.15) is 0 Å². The summed E-state index contributed by atoms with van der Waals surface area (Å²) in [5.41, 5.74) is 2.96. The van der Waals surface area contributed by atoms with E-state index < -0.39 is 6.04 Å². The van der Waals surface area contributed by atoms with Gasteiger partial charge in [-0.25, -0.2) is 9.18 Å². The van der Waals surface area contributed by atoms with Gasteiger partial charge in [-0.1, -0.05) is 36.4 Å². The Bertz CT molecular complexity index is 1060. The van der Waals surface area contributed by atoms with E-state index in [2.05, 4.69) is 5.32 Å². The van der Waals surface area contributed by atoms with Gasteiger partial charge in [-0.05, 0) is 47.9 Å². The van der Waals surface area contributed by atoms with E-state index >= 15 is 0 Å². The van der Waals surface area contributed by atoms with Crippen LogP contribution in [0.4, 0.5) is 14.9 Å². The van der Waals surface area contributed by atoms with E-state index in [4.69, 9.17) is 9.47 Å². The Kier molecular flexibility index (Phi) is 5.57. The number of rotatable bonds is 4. The van der Waals surface area contributed by atoms with Crippen LogP contribution in [-0.4, -0.2) is 31.7 Å². The smallest absolute Gasteiger partial charge is 0.322 e. The third-order valence-electron chi connectivity index (χ3n) is 5.36. The predicted molar refractivity (Wildman–Crippen MR) is 114 cm³/mol. The molecule has 0 saturated carbocycles. The van der Waals surface area contributed by atoms with E-state index in [1.807, 2.05) is 42.5 Å². The molecule has 154 valence electrons. The highest BCUT2D eigenvalue weighted by Gasteiger charge is 2.34. The number of fused-ring (bicyclic) bond motifs is 1. The van der Waals surface area contributed by atoms with Crippen LogP contribution in [0.25, 0.3) is 0 Å². The minimum atomic E-state index is -0.585. The van der Waals surface area contributed by atoms with Crippen molar-refractivity contribution in [1.29, 1.82) is 0 Å². The summed E-state index contributed by atoms with van der Waals surface area (Å²) in [4.78, 5) is 14.9. The molecule has 3 aromatic carbocycles. The molecule has 30 heavy (non-hydrogen) atoms. The van der Waals surface area contributed by atoms with Crippen molar-refractivity contribution >= 4 is 11.7 Å². The van der Waals surface area contributed by atoms with Gasteiger partial charge in [0.1, 0.15) is 5.82 Å². The highest BCUT2D eigenvalue weighted by atomic mass is 19.1. The summed E-state index contributed by atoms with van der Waals surface area (Å²) in [6, 6.07) is 18.7. The molecule has 1 aliphatic rings. The third kappa shape index (κ3) is 3.68. The average Bonchev–Trinajstić information content (AvgIpc) is 2.78. The minimum absolute atomic E-state index is 0.283. The molecule has 0 radical (unpaired) electrons. The van der Waals surface area contributed by atoms with E-state index in [9.17, 15) is 9.18 Å². The number of nitrogens with zero attached hydrogens (tertiary/aromatic N) is 1. The molecular weight excluding hydrogens is 383 g/mol. The van der Waals surface area contributed by atoms with E-state index in [0.717, 1.165) is 11.1 Å². The Balaban J connectivity index is 1.80. The highest BCUT2D eigenvalue weighted by molar-refractivity contribution is 5.90. The number of nitrogens with one attached hydrogen (secondary N) is 1. The lowest BCUT2D eigenvalue weighted by molar-refractivity contribution is 0.192. The molecule has 0 aromatic heterocycles. The number of hydrogen-bond acceptors (Lipinski definition) is 3. The Morgan fingerprint density at radius 1 is 0.967 bits per heavy atom. The molecule has 4 rings (SSSR count). The average molecular weight is 406 g/mol. The van der Waals surface area contributed by atoms with Crippen LogP contribution < -0.4 is 14.8 Å². The number of carbonyl (C=O) groups excluding carboxylic acids is 1. The van der Waals surface area contributed by atoms with E-state index in [1.165, 1.54) is 6.07 Å². The lowest BCUT2D eigenvalue weighted by atomic mass is 9.87. The van der Waals surface area contributed by atoms with Crippen molar-refractivity contribution in [3.05, 3.63) is 89.2 Å². The largest absolute Gasteiger partial charge is 0.493 e. The molecule has 6 heteroatoms. The van der Waals surface area contributed by atoms with Crippen LogP contribution in [-0.2, 0) is 6.42 Å². The summed E-state index contributed by atoms with van der Waals surface area (Å²) in [6.45, 7) is 0.445. The molecule has 3 aromatic rings. The third-order valence-corrected chi connectivity index (χ3v) is 5.36. The van der Waals surface area contributed by atoms with Gasteiger partial charge in [0, 0.05) is 17.8 Å². The van der Waals surface area contributed by atoms with Crippen molar-refractivity contribution < 1.29 is 18.7 Å². The monoisotopic (exact) mass is 406 g/mol. The van der Waals surface area contributed by atoms with Crippen LogP contribution in [0.3, 0.4) is 0 Å². The topological polar surface area (TPSA) is 50.8 Å². The molecule has 0 bridgehead atoms. The number of carbonyl (C=O) groups is 1. The van der Waals surface area contributed by atoms with Crippen LogP contribution in [0.1, 0.15) is 22.7 Å². The van der Waals surface area contributed by atoms with Crippen molar-refractivity contribution in [1.82, 2.24) is 4.90 Å². The molecule has 0 saturated heterocycles. The van der Waals surface area contributed by atoms with Gasteiger partial charge in [0.15, 0.2) is 11.5 Å². The fourth-order valence-electron chi connectivity index (χ4n) is 3.91. The van der Waals surface area contributed by atoms with Crippen molar-refractivity contribution in [2.75, 3.05) is 26.1 Å². The van der Waals surface area contributed by atoms with Gasteiger partial charge in [0.05, 0.1) is 20.3 Å². The van der Waals surface area contributed by atoms with Crippen molar-refractivity contribution in [2.24, 2.45) is 0 Å². The van der Waals surface area contributed by atoms with Crippen LogP contribution >= 0.6 is 0 Å². The second kappa shape index (κ2) is 8.45. The molecule has 0 spiro atoms. The van der Waals surface area contributed by atoms with Crippen LogP contribution in [0.2, 0.25) is 0 Å². The van der Waals surface area contributed by atoms with E-state index in [-0.39, 0.29) is 11.8 Å². The quantitative estimate of drug-likeness (QED) is 0.662. The summed E-state index contributed by atoms with van der Waals surface area (Å²) >= 11 is 0. The van der Waals surface area contributed by atoms with Gasteiger partial charge < -0.3 is 19.7 Å². The fourth-order valence-corrected chi connectivity index (χ4v) is 3.91. The zero-order chi connectivity index (χ0) is 21.1. The van der Waals surface area contributed by atoms with Crippen molar-refractivity contribution in [3.8, 4) is 11.5 Å². The molecule has 1 unspecified atom stereocenters. The van der Waals surface area contributed by atoms with Crippen LogP contribution in [0.5, 0.6) is 11.5 Å². The van der Waals surface area contributed by atoms with E-state index in [0.29, 0.717) is 35.7 Å². The summed E-state index contributed by atoms with van der Waals surface area (Å²) in [5, 5.41) is 2.92. The molecule has 1 N–H and O–H groups in total.